The number of aliphatic hydroxyl groups is 1. The normalized spacial score (nSPS) is 13.0. The zero-order chi connectivity index (χ0) is 15.1. The summed E-state index contributed by atoms with van der Waals surface area (Å²) in [7, 11) is 0. The summed E-state index contributed by atoms with van der Waals surface area (Å²) in [5.74, 6) is 0. The highest BCUT2D eigenvalue weighted by atomic mass is 16.5. The van der Waals surface area contributed by atoms with E-state index in [0.717, 1.165) is 31.9 Å². The van der Waals surface area contributed by atoms with Gasteiger partial charge in [0.1, 0.15) is 0 Å². The number of hydrogen-bond donors (Lipinski definition) is 1. The lowest BCUT2D eigenvalue weighted by molar-refractivity contribution is 0.0792. The summed E-state index contributed by atoms with van der Waals surface area (Å²) in [5.41, 5.74) is 0.976. The van der Waals surface area contributed by atoms with Crippen molar-refractivity contribution in [3.8, 4) is 0 Å². The fraction of sp³-hybridized carbons (Fsp3) is 0.444. The topological polar surface area (TPSA) is 32.7 Å². The molecule has 2 rings (SSSR count). The van der Waals surface area contributed by atoms with E-state index in [-0.39, 0.29) is 0 Å². The molecule has 3 nitrogen and oxygen atoms in total. The average Bonchev–Trinajstić information content (AvgIpc) is 2.53. The van der Waals surface area contributed by atoms with E-state index >= 15 is 0 Å². The highest BCUT2D eigenvalue weighted by Gasteiger charge is 2.12. The lowest BCUT2D eigenvalue weighted by Crippen LogP contribution is -2.31. The van der Waals surface area contributed by atoms with Gasteiger partial charge in [-0.2, -0.15) is 0 Å². The Morgan fingerprint density at radius 1 is 1.10 bits per heavy atom. The summed E-state index contributed by atoms with van der Waals surface area (Å²) in [6.45, 7) is 7.98. The minimum Gasteiger partial charge on any atom is -0.387 e. The van der Waals surface area contributed by atoms with Crippen molar-refractivity contribution in [2.45, 2.75) is 20.0 Å². The lowest BCUT2D eigenvalue weighted by atomic mass is 10.0. The molecule has 0 aliphatic carbocycles. The van der Waals surface area contributed by atoms with Gasteiger partial charge in [0.15, 0.2) is 0 Å². The van der Waals surface area contributed by atoms with Crippen molar-refractivity contribution in [3.63, 3.8) is 0 Å². The molecule has 0 amide bonds. The molecule has 0 aliphatic heterocycles. The molecule has 0 saturated heterocycles. The molecule has 21 heavy (non-hydrogen) atoms. The second-order valence-corrected chi connectivity index (χ2v) is 5.21. The third kappa shape index (κ3) is 4.53. The van der Waals surface area contributed by atoms with Gasteiger partial charge in [-0.1, -0.05) is 43.3 Å². The van der Waals surface area contributed by atoms with E-state index in [1.54, 1.807) is 0 Å². The van der Waals surface area contributed by atoms with Crippen LogP contribution in [0.3, 0.4) is 0 Å². The standard InChI is InChI=1S/C18H25NO2/c1-3-19(11-12-21-4-2)14-18(20)17-10-9-15-7-5-6-8-16(15)13-17/h5-10,13,18,20H,3-4,11-12,14H2,1-2H3. The van der Waals surface area contributed by atoms with Gasteiger partial charge in [0.25, 0.3) is 0 Å². The molecule has 1 N–H and O–H groups in total. The summed E-state index contributed by atoms with van der Waals surface area (Å²) in [4.78, 5) is 2.22. The van der Waals surface area contributed by atoms with Gasteiger partial charge >= 0.3 is 0 Å². The van der Waals surface area contributed by atoms with Crippen LogP contribution in [0.1, 0.15) is 25.5 Å². The lowest BCUT2D eigenvalue weighted by Gasteiger charge is -2.23. The van der Waals surface area contributed by atoms with Crippen LogP contribution in [0.5, 0.6) is 0 Å². The molecular weight excluding hydrogens is 262 g/mol. The molecule has 0 saturated carbocycles. The van der Waals surface area contributed by atoms with Crippen LogP contribution in [-0.4, -0.2) is 42.9 Å². The Morgan fingerprint density at radius 2 is 1.86 bits per heavy atom. The van der Waals surface area contributed by atoms with Crippen molar-refractivity contribution in [1.82, 2.24) is 4.90 Å². The Labute approximate surface area is 127 Å². The largest absolute Gasteiger partial charge is 0.387 e. The molecule has 3 heteroatoms. The van der Waals surface area contributed by atoms with Gasteiger partial charge in [-0.25, -0.2) is 0 Å². The highest BCUT2D eigenvalue weighted by molar-refractivity contribution is 5.83. The Bertz CT molecular complexity index is 556. The van der Waals surface area contributed by atoms with Crippen molar-refractivity contribution in [2.75, 3.05) is 32.8 Å². The van der Waals surface area contributed by atoms with Gasteiger partial charge in [0, 0.05) is 19.7 Å². The maximum atomic E-state index is 10.5. The monoisotopic (exact) mass is 287 g/mol. The van der Waals surface area contributed by atoms with Crippen LogP contribution in [0.25, 0.3) is 10.8 Å². The van der Waals surface area contributed by atoms with Crippen molar-refractivity contribution >= 4 is 10.8 Å². The van der Waals surface area contributed by atoms with Crippen LogP contribution in [0, 0.1) is 0 Å². The zero-order valence-corrected chi connectivity index (χ0v) is 13.0. The molecule has 2 aromatic rings. The summed E-state index contributed by atoms with van der Waals surface area (Å²) < 4.78 is 5.39. The predicted molar refractivity (Wildman–Crippen MR) is 87.5 cm³/mol. The first kappa shape index (κ1) is 16.0. The number of fused-ring (bicyclic) bond motifs is 1. The maximum absolute atomic E-state index is 10.5. The summed E-state index contributed by atoms with van der Waals surface area (Å²) in [5, 5.41) is 12.8. The van der Waals surface area contributed by atoms with E-state index in [0.29, 0.717) is 6.54 Å². The van der Waals surface area contributed by atoms with Crippen molar-refractivity contribution in [1.29, 1.82) is 0 Å². The van der Waals surface area contributed by atoms with Gasteiger partial charge in [-0.05, 0) is 35.9 Å². The second kappa shape index (κ2) is 8.13. The fourth-order valence-corrected chi connectivity index (χ4v) is 2.48. The predicted octanol–water partition coefficient (Wildman–Crippen LogP) is 3.23. The highest BCUT2D eigenvalue weighted by Crippen LogP contribution is 2.21. The maximum Gasteiger partial charge on any atom is 0.0917 e. The molecule has 114 valence electrons. The van der Waals surface area contributed by atoms with Crippen molar-refractivity contribution < 1.29 is 9.84 Å². The van der Waals surface area contributed by atoms with E-state index in [2.05, 4.69) is 36.1 Å². The van der Waals surface area contributed by atoms with Crippen LogP contribution in [0.15, 0.2) is 42.5 Å². The molecular formula is C18H25NO2. The number of rotatable bonds is 8. The van der Waals surface area contributed by atoms with E-state index in [1.165, 1.54) is 10.8 Å². The average molecular weight is 287 g/mol. The number of aliphatic hydroxyl groups excluding tert-OH is 1. The van der Waals surface area contributed by atoms with Crippen molar-refractivity contribution in [3.05, 3.63) is 48.0 Å². The minimum atomic E-state index is -0.462. The van der Waals surface area contributed by atoms with Gasteiger partial charge in [0.05, 0.1) is 12.7 Å². The minimum absolute atomic E-state index is 0.462. The number of likely N-dealkylation sites (N-methyl/N-ethyl adjacent to an activating group) is 1. The number of nitrogens with zero attached hydrogens (tertiary/aromatic N) is 1. The number of ether oxygens (including phenoxy) is 1. The van der Waals surface area contributed by atoms with Crippen LogP contribution in [0.2, 0.25) is 0 Å². The van der Waals surface area contributed by atoms with E-state index in [4.69, 9.17) is 4.74 Å². The zero-order valence-electron chi connectivity index (χ0n) is 13.0. The third-order valence-electron chi connectivity index (χ3n) is 3.79. The van der Waals surface area contributed by atoms with Gasteiger partial charge in [0.2, 0.25) is 0 Å². The quantitative estimate of drug-likeness (QED) is 0.757. The van der Waals surface area contributed by atoms with E-state index in [1.807, 2.05) is 25.1 Å². The smallest absolute Gasteiger partial charge is 0.0917 e. The van der Waals surface area contributed by atoms with Crippen LogP contribution in [0.4, 0.5) is 0 Å². The van der Waals surface area contributed by atoms with E-state index < -0.39 is 6.10 Å². The molecule has 2 aromatic carbocycles. The van der Waals surface area contributed by atoms with E-state index in [9.17, 15) is 5.11 Å². The Balaban J connectivity index is 2.01. The van der Waals surface area contributed by atoms with Gasteiger partial charge < -0.3 is 9.84 Å². The van der Waals surface area contributed by atoms with Crippen molar-refractivity contribution in [2.24, 2.45) is 0 Å². The Hall–Kier alpha value is -1.42. The first-order valence-electron chi connectivity index (χ1n) is 7.71. The van der Waals surface area contributed by atoms with Crippen LogP contribution < -0.4 is 0 Å². The summed E-state index contributed by atoms with van der Waals surface area (Å²) in [6, 6.07) is 14.4. The molecule has 0 aliphatic rings. The molecule has 0 aromatic heterocycles. The molecule has 0 heterocycles. The Morgan fingerprint density at radius 3 is 2.57 bits per heavy atom. The summed E-state index contributed by atoms with van der Waals surface area (Å²) >= 11 is 0. The molecule has 0 fully saturated rings. The molecule has 0 radical (unpaired) electrons. The van der Waals surface area contributed by atoms with Crippen LogP contribution in [-0.2, 0) is 4.74 Å². The van der Waals surface area contributed by atoms with Crippen LogP contribution >= 0.6 is 0 Å². The Kier molecular flexibility index (Phi) is 6.18. The first-order valence-corrected chi connectivity index (χ1v) is 7.71. The SMILES string of the molecule is CCOCCN(CC)CC(O)c1ccc2ccccc2c1. The number of benzene rings is 2. The molecule has 1 unspecified atom stereocenters. The molecule has 0 spiro atoms. The molecule has 1 atom stereocenters. The molecule has 0 bridgehead atoms. The summed E-state index contributed by atoms with van der Waals surface area (Å²) in [6.07, 6.45) is -0.462. The second-order valence-electron chi connectivity index (χ2n) is 5.21. The van der Waals surface area contributed by atoms with Gasteiger partial charge in [-0.3, -0.25) is 4.90 Å². The fourth-order valence-electron chi connectivity index (χ4n) is 2.48. The third-order valence-corrected chi connectivity index (χ3v) is 3.79. The van der Waals surface area contributed by atoms with Gasteiger partial charge in [-0.15, -0.1) is 0 Å². The number of hydrogen-bond acceptors (Lipinski definition) is 3. The first-order chi connectivity index (χ1) is 10.2.